The predicted octanol–water partition coefficient (Wildman–Crippen LogP) is 4.11. The van der Waals surface area contributed by atoms with E-state index in [2.05, 4.69) is 20.8 Å². The van der Waals surface area contributed by atoms with E-state index in [0.29, 0.717) is 29.4 Å². The summed E-state index contributed by atoms with van der Waals surface area (Å²) in [6.07, 6.45) is 0.0289. The van der Waals surface area contributed by atoms with Crippen LogP contribution in [0.5, 0.6) is 0 Å². The number of aliphatic hydroxyl groups excluding tert-OH is 1. The molecule has 1 aliphatic heterocycles. The maximum atomic E-state index is 12.3. The van der Waals surface area contributed by atoms with Gasteiger partial charge in [0.2, 0.25) is 17.0 Å². The van der Waals surface area contributed by atoms with Crippen LogP contribution in [0.15, 0.2) is 84.0 Å². The molecule has 2 amide bonds. The van der Waals surface area contributed by atoms with Crippen molar-refractivity contribution in [3.8, 4) is 5.69 Å². The Morgan fingerprint density at radius 2 is 1.65 bits per heavy atom. The van der Waals surface area contributed by atoms with E-state index in [4.69, 9.17) is 14.7 Å². The Hall–Kier alpha value is -4.14. The molecule has 0 aliphatic carbocycles. The van der Waals surface area contributed by atoms with E-state index in [1.54, 1.807) is 22.3 Å². The first kappa shape index (κ1) is 30.3. The summed E-state index contributed by atoms with van der Waals surface area (Å²) < 4.78 is 14.5. The van der Waals surface area contributed by atoms with E-state index in [0.717, 1.165) is 22.4 Å². The first-order valence-electron chi connectivity index (χ1n) is 13.8. The number of para-hydroxylation sites is 1. The quantitative estimate of drug-likeness (QED) is 0.105. The number of hydrogen-bond donors (Lipinski definition) is 4. The highest BCUT2D eigenvalue weighted by Gasteiger charge is 2.32. The lowest BCUT2D eigenvalue weighted by Gasteiger charge is -2.36. The zero-order valence-corrected chi connectivity index (χ0v) is 24.0. The maximum absolute atomic E-state index is 12.3. The Kier molecular flexibility index (Phi) is 10.5. The van der Waals surface area contributed by atoms with Gasteiger partial charge < -0.3 is 19.9 Å². The van der Waals surface area contributed by atoms with E-state index < -0.39 is 12.2 Å². The van der Waals surface area contributed by atoms with Crippen LogP contribution in [-0.4, -0.2) is 54.2 Å². The van der Waals surface area contributed by atoms with Gasteiger partial charge >= 0.3 is 0 Å². The molecule has 1 aliphatic rings. The highest BCUT2D eigenvalue weighted by Crippen LogP contribution is 2.39. The summed E-state index contributed by atoms with van der Waals surface area (Å²) in [4.78, 5) is 23.4. The minimum absolute atomic E-state index is 0.0339. The largest absolute Gasteiger partial charge is 0.392 e. The molecule has 1 fully saturated rings. The van der Waals surface area contributed by atoms with Crippen molar-refractivity contribution in [3.05, 3.63) is 95.6 Å². The van der Waals surface area contributed by atoms with E-state index in [-0.39, 0.29) is 37.6 Å². The average molecular weight is 605 g/mol. The molecular formula is C30H32N6O6S. The second-order valence-electron chi connectivity index (χ2n) is 9.93. The topological polar surface area (TPSA) is 161 Å². The molecule has 0 radical (unpaired) electrons. The molecule has 1 saturated heterocycles. The number of hydroxylamine groups is 1. The molecule has 43 heavy (non-hydrogen) atoms. The Morgan fingerprint density at radius 1 is 0.930 bits per heavy atom. The molecule has 4 N–H and O–H groups in total. The summed E-state index contributed by atoms with van der Waals surface area (Å²) in [5.41, 5.74) is 5.62. The van der Waals surface area contributed by atoms with Gasteiger partial charge in [0.15, 0.2) is 6.29 Å². The highest BCUT2D eigenvalue weighted by molar-refractivity contribution is 7.99. The number of nitrogens with one attached hydrogen (secondary N) is 2. The molecule has 3 unspecified atom stereocenters. The number of aromatic nitrogens is 4. The van der Waals surface area contributed by atoms with E-state index in [1.165, 1.54) is 11.8 Å². The molecule has 3 atom stereocenters. The molecule has 4 aromatic rings. The number of carbonyl (C=O) groups is 2. The molecule has 5 rings (SSSR count). The fourth-order valence-corrected chi connectivity index (χ4v) is 5.51. The summed E-state index contributed by atoms with van der Waals surface area (Å²) >= 11 is 1.50. The monoisotopic (exact) mass is 604 g/mol. The lowest BCUT2D eigenvalue weighted by molar-refractivity contribution is -0.245. The van der Waals surface area contributed by atoms with Gasteiger partial charge in [-0.05, 0) is 52.2 Å². The van der Waals surface area contributed by atoms with Crippen LogP contribution in [-0.2, 0) is 25.7 Å². The second-order valence-corrected chi connectivity index (χ2v) is 10.9. The van der Waals surface area contributed by atoms with Gasteiger partial charge in [0.25, 0.3) is 0 Å². The van der Waals surface area contributed by atoms with Crippen LogP contribution < -0.4 is 10.8 Å². The van der Waals surface area contributed by atoms with Gasteiger partial charge in [-0.3, -0.25) is 14.8 Å². The van der Waals surface area contributed by atoms with Gasteiger partial charge in [-0.1, -0.05) is 66.4 Å². The maximum Gasteiger partial charge on any atom is 0.243 e. The summed E-state index contributed by atoms with van der Waals surface area (Å²) in [7, 11) is 0. The van der Waals surface area contributed by atoms with Gasteiger partial charge in [-0.2, -0.15) is 4.68 Å². The number of tetrazole rings is 1. The third-order valence-corrected chi connectivity index (χ3v) is 7.91. The van der Waals surface area contributed by atoms with Crippen molar-refractivity contribution < 1.29 is 29.4 Å². The molecule has 0 spiro atoms. The average Bonchev–Trinajstić information content (AvgIpc) is 3.53. The van der Waals surface area contributed by atoms with Crippen LogP contribution in [0, 0.1) is 0 Å². The standard InChI is InChI=1S/C30H32N6O6S/c37-18-20-9-11-21(12-10-20)26-17-25(19-43-30-32-34-35-36(30)24-5-2-1-3-6-24)41-29(42-26)22-13-15-23(16-14-22)31-27(38)7-4-8-28(39)33-40/h1-3,5-6,9-16,25-26,29,37,40H,4,7-8,17-19H2,(H,31,38)(H,33,39). The number of ether oxygens (including phenoxy) is 2. The van der Waals surface area contributed by atoms with Gasteiger partial charge in [0.1, 0.15) is 0 Å². The zero-order chi connectivity index (χ0) is 30.0. The van der Waals surface area contributed by atoms with Crippen molar-refractivity contribution in [2.75, 3.05) is 11.1 Å². The molecule has 0 saturated carbocycles. The van der Waals surface area contributed by atoms with Crippen LogP contribution in [0.1, 0.15) is 54.8 Å². The van der Waals surface area contributed by atoms with E-state index in [1.807, 2.05) is 66.7 Å². The van der Waals surface area contributed by atoms with Gasteiger partial charge in [-0.15, -0.1) is 5.10 Å². The third kappa shape index (κ3) is 8.24. The fourth-order valence-electron chi connectivity index (χ4n) is 4.60. The van der Waals surface area contributed by atoms with Crippen LogP contribution in [0.2, 0.25) is 0 Å². The highest BCUT2D eigenvalue weighted by atomic mass is 32.2. The minimum Gasteiger partial charge on any atom is -0.392 e. The first-order chi connectivity index (χ1) is 21.0. The van der Waals surface area contributed by atoms with Crippen LogP contribution >= 0.6 is 11.8 Å². The SMILES string of the molecule is O=C(CCCC(=O)Nc1ccc(C2OC(CSc3nnnn3-c3ccccc3)CC(c3ccc(CO)cc3)O2)cc1)NO. The van der Waals surface area contributed by atoms with Crippen molar-refractivity contribution in [1.82, 2.24) is 25.7 Å². The Labute approximate surface area is 252 Å². The van der Waals surface area contributed by atoms with Crippen LogP contribution in [0.25, 0.3) is 5.69 Å². The van der Waals surface area contributed by atoms with Crippen molar-refractivity contribution in [1.29, 1.82) is 0 Å². The van der Waals surface area contributed by atoms with Crippen LogP contribution in [0.4, 0.5) is 5.69 Å². The van der Waals surface area contributed by atoms with Gasteiger partial charge in [-0.25, -0.2) is 5.48 Å². The van der Waals surface area contributed by atoms with Crippen LogP contribution in [0.3, 0.4) is 0 Å². The molecule has 224 valence electrons. The molecular weight excluding hydrogens is 572 g/mol. The molecule has 2 heterocycles. The van der Waals surface area contributed by atoms with Crippen molar-refractivity contribution in [2.24, 2.45) is 0 Å². The number of aliphatic hydroxyl groups is 1. The van der Waals surface area contributed by atoms with Crippen molar-refractivity contribution in [3.63, 3.8) is 0 Å². The number of thioether (sulfide) groups is 1. The number of hydrogen-bond acceptors (Lipinski definition) is 10. The molecule has 0 bridgehead atoms. The molecule has 12 nitrogen and oxygen atoms in total. The number of nitrogens with zero attached hydrogens (tertiary/aromatic N) is 4. The van der Waals surface area contributed by atoms with Gasteiger partial charge in [0, 0.05) is 36.3 Å². The number of rotatable bonds is 12. The van der Waals surface area contributed by atoms with E-state index in [9.17, 15) is 14.7 Å². The molecule has 13 heteroatoms. The Morgan fingerprint density at radius 3 is 2.37 bits per heavy atom. The minimum atomic E-state index is -0.659. The smallest absolute Gasteiger partial charge is 0.243 e. The Balaban J connectivity index is 1.27. The summed E-state index contributed by atoms with van der Waals surface area (Å²) in [5.74, 6) is -0.176. The third-order valence-electron chi connectivity index (χ3n) is 6.85. The normalized spacial score (nSPS) is 18.2. The second kappa shape index (κ2) is 14.8. The van der Waals surface area contributed by atoms with E-state index >= 15 is 0 Å². The van der Waals surface area contributed by atoms with Crippen molar-refractivity contribution >= 4 is 29.3 Å². The number of benzene rings is 3. The molecule has 1 aromatic heterocycles. The number of carbonyl (C=O) groups excluding carboxylic acids is 2. The number of anilines is 1. The lowest BCUT2D eigenvalue weighted by atomic mass is 10.0. The lowest BCUT2D eigenvalue weighted by Crippen LogP contribution is -2.31. The molecule has 3 aromatic carbocycles. The zero-order valence-electron chi connectivity index (χ0n) is 23.2. The Bertz CT molecular complexity index is 1490. The number of amides is 2. The predicted molar refractivity (Wildman–Crippen MR) is 157 cm³/mol. The first-order valence-corrected chi connectivity index (χ1v) is 14.8. The summed E-state index contributed by atoms with van der Waals surface area (Å²) in [6, 6.07) is 24.6. The summed E-state index contributed by atoms with van der Waals surface area (Å²) in [5, 5.41) is 33.7. The fraction of sp³-hybridized carbons (Fsp3) is 0.300. The van der Waals surface area contributed by atoms with Crippen molar-refractivity contribution in [2.45, 2.75) is 55.9 Å². The summed E-state index contributed by atoms with van der Waals surface area (Å²) in [6.45, 7) is -0.0339. The van der Waals surface area contributed by atoms with Gasteiger partial charge in [0.05, 0.1) is 24.5 Å².